The minimum Gasteiger partial charge on any atom is -0.493 e. The topological polar surface area (TPSA) is 58.1 Å². The number of aliphatic imine (C=N–C) groups is 1. The highest BCUT2D eigenvalue weighted by atomic mass is 32.1. The second-order valence-corrected chi connectivity index (χ2v) is 8.34. The Balaban J connectivity index is 1.59. The maximum Gasteiger partial charge on any atom is 0.191 e. The van der Waals surface area contributed by atoms with Gasteiger partial charge in [-0.1, -0.05) is 12.1 Å². The SMILES string of the molecule is CCNC(=NCC(c1cccs1)N1CCCC1)NCCc1ccc(OC)c(OC)c1. The number of ether oxygens (including phenoxy) is 2. The fraction of sp³-hybridized carbons (Fsp3) is 0.522. The van der Waals surface area contributed by atoms with E-state index in [4.69, 9.17) is 14.5 Å². The summed E-state index contributed by atoms with van der Waals surface area (Å²) in [7, 11) is 3.32. The van der Waals surface area contributed by atoms with Gasteiger partial charge < -0.3 is 20.1 Å². The van der Waals surface area contributed by atoms with Crippen LogP contribution in [0, 0.1) is 0 Å². The lowest BCUT2D eigenvalue weighted by Gasteiger charge is -2.25. The van der Waals surface area contributed by atoms with Gasteiger partial charge >= 0.3 is 0 Å². The molecular formula is C23H34N4O2S. The summed E-state index contributed by atoms with van der Waals surface area (Å²) in [6.07, 6.45) is 3.45. The quantitative estimate of drug-likeness (QED) is 0.445. The number of methoxy groups -OCH3 is 2. The van der Waals surface area contributed by atoms with Crippen molar-refractivity contribution >= 4 is 17.3 Å². The van der Waals surface area contributed by atoms with Crippen LogP contribution in [0.15, 0.2) is 40.7 Å². The third-order valence-corrected chi connectivity index (χ3v) is 6.35. The molecule has 2 heterocycles. The van der Waals surface area contributed by atoms with Gasteiger partial charge in [-0.25, -0.2) is 0 Å². The molecule has 0 bridgehead atoms. The van der Waals surface area contributed by atoms with E-state index in [0.29, 0.717) is 6.04 Å². The molecule has 3 rings (SSSR count). The zero-order valence-electron chi connectivity index (χ0n) is 18.3. The van der Waals surface area contributed by atoms with Crippen molar-refractivity contribution in [1.82, 2.24) is 15.5 Å². The van der Waals surface area contributed by atoms with Crippen molar-refractivity contribution in [2.24, 2.45) is 4.99 Å². The van der Waals surface area contributed by atoms with Crippen LogP contribution in [0.4, 0.5) is 0 Å². The Labute approximate surface area is 184 Å². The number of nitrogens with one attached hydrogen (secondary N) is 2. The van der Waals surface area contributed by atoms with E-state index in [1.165, 1.54) is 36.4 Å². The Bertz CT molecular complexity index is 789. The van der Waals surface area contributed by atoms with Crippen molar-refractivity contribution in [3.05, 3.63) is 46.2 Å². The second-order valence-electron chi connectivity index (χ2n) is 7.36. The first-order valence-corrected chi connectivity index (χ1v) is 11.6. The standard InChI is InChI=1S/C23H34N4O2S/c1-4-24-23(25-12-11-18-9-10-20(28-2)21(16-18)29-3)26-17-19(22-8-7-15-30-22)27-13-5-6-14-27/h7-10,15-16,19H,4-6,11-14,17H2,1-3H3,(H2,24,25,26). The molecule has 2 N–H and O–H groups in total. The van der Waals surface area contributed by atoms with Crippen LogP contribution in [-0.4, -0.2) is 57.8 Å². The molecule has 6 nitrogen and oxygen atoms in total. The molecule has 164 valence electrons. The Morgan fingerprint density at radius 2 is 1.93 bits per heavy atom. The molecule has 2 aromatic rings. The van der Waals surface area contributed by atoms with E-state index in [2.05, 4.69) is 46.0 Å². The number of guanidine groups is 1. The summed E-state index contributed by atoms with van der Waals surface area (Å²) in [4.78, 5) is 8.90. The average molecular weight is 431 g/mol. The lowest BCUT2D eigenvalue weighted by atomic mass is 10.1. The average Bonchev–Trinajstić information content (AvgIpc) is 3.48. The monoisotopic (exact) mass is 430 g/mol. The Kier molecular flexibility index (Phi) is 8.83. The van der Waals surface area contributed by atoms with Crippen molar-refractivity contribution < 1.29 is 9.47 Å². The van der Waals surface area contributed by atoms with Gasteiger partial charge in [0, 0.05) is 18.0 Å². The van der Waals surface area contributed by atoms with Gasteiger partial charge in [0.1, 0.15) is 0 Å². The van der Waals surface area contributed by atoms with Crippen LogP contribution in [0.25, 0.3) is 0 Å². The first kappa shape index (κ1) is 22.4. The molecule has 1 unspecified atom stereocenters. The maximum atomic E-state index is 5.41. The van der Waals surface area contributed by atoms with E-state index >= 15 is 0 Å². The number of hydrogen-bond acceptors (Lipinski definition) is 5. The molecule has 0 aliphatic carbocycles. The second kappa shape index (κ2) is 11.8. The first-order chi connectivity index (χ1) is 14.7. The lowest BCUT2D eigenvalue weighted by molar-refractivity contribution is 0.255. The van der Waals surface area contributed by atoms with Gasteiger partial charge in [0.2, 0.25) is 0 Å². The van der Waals surface area contributed by atoms with Crippen molar-refractivity contribution in [2.75, 3.05) is 46.9 Å². The van der Waals surface area contributed by atoms with E-state index in [0.717, 1.165) is 43.5 Å². The fourth-order valence-corrected chi connectivity index (χ4v) is 4.65. The van der Waals surface area contributed by atoms with Gasteiger partial charge in [0.05, 0.1) is 26.8 Å². The van der Waals surface area contributed by atoms with Crippen molar-refractivity contribution in [2.45, 2.75) is 32.2 Å². The Morgan fingerprint density at radius 3 is 2.60 bits per heavy atom. The molecule has 0 radical (unpaired) electrons. The molecule has 1 atom stereocenters. The number of benzene rings is 1. The highest BCUT2D eigenvalue weighted by Gasteiger charge is 2.24. The first-order valence-electron chi connectivity index (χ1n) is 10.8. The van der Waals surface area contributed by atoms with Crippen LogP contribution < -0.4 is 20.1 Å². The maximum absolute atomic E-state index is 5.41. The summed E-state index contributed by atoms with van der Waals surface area (Å²) in [5.74, 6) is 2.39. The van der Waals surface area contributed by atoms with Crippen molar-refractivity contribution in [3.63, 3.8) is 0 Å². The van der Waals surface area contributed by atoms with Crippen molar-refractivity contribution in [3.8, 4) is 11.5 Å². The predicted molar refractivity (Wildman–Crippen MR) is 125 cm³/mol. The third kappa shape index (κ3) is 6.12. The molecule has 30 heavy (non-hydrogen) atoms. The summed E-state index contributed by atoms with van der Waals surface area (Å²) in [6, 6.07) is 10.8. The zero-order valence-corrected chi connectivity index (χ0v) is 19.1. The zero-order chi connectivity index (χ0) is 21.2. The van der Waals surface area contributed by atoms with Crippen LogP contribution in [0.3, 0.4) is 0 Å². The minimum atomic E-state index is 0.369. The van der Waals surface area contributed by atoms with E-state index in [9.17, 15) is 0 Å². The summed E-state index contributed by atoms with van der Waals surface area (Å²) in [5, 5.41) is 9.02. The molecule has 1 aliphatic heterocycles. The molecule has 0 spiro atoms. The van der Waals surface area contributed by atoms with E-state index in [-0.39, 0.29) is 0 Å². The summed E-state index contributed by atoms with van der Waals surface area (Å²) < 4.78 is 10.7. The van der Waals surface area contributed by atoms with E-state index in [1.807, 2.05) is 23.5 Å². The Morgan fingerprint density at radius 1 is 1.13 bits per heavy atom. The van der Waals surface area contributed by atoms with Crippen LogP contribution in [0.1, 0.15) is 36.2 Å². The van der Waals surface area contributed by atoms with Gasteiger partial charge in [-0.05, 0) is 68.4 Å². The Hall–Kier alpha value is -2.25. The predicted octanol–water partition coefficient (Wildman–Crippen LogP) is 3.70. The molecule has 1 aliphatic rings. The summed E-state index contributed by atoms with van der Waals surface area (Å²) >= 11 is 1.83. The smallest absolute Gasteiger partial charge is 0.191 e. The number of hydrogen-bond donors (Lipinski definition) is 2. The van der Waals surface area contributed by atoms with Crippen LogP contribution >= 0.6 is 11.3 Å². The highest BCUT2D eigenvalue weighted by molar-refractivity contribution is 7.10. The lowest BCUT2D eigenvalue weighted by Crippen LogP contribution is -2.39. The molecule has 0 saturated carbocycles. The largest absolute Gasteiger partial charge is 0.493 e. The van der Waals surface area contributed by atoms with Crippen LogP contribution in [0.5, 0.6) is 11.5 Å². The molecule has 1 aromatic carbocycles. The van der Waals surface area contributed by atoms with Gasteiger partial charge in [0.15, 0.2) is 17.5 Å². The molecule has 0 amide bonds. The molecule has 1 saturated heterocycles. The number of thiophene rings is 1. The minimum absolute atomic E-state index is 0.369. The van der Waals surface area contributed by atoms with Gasteiger partial charge in [-0.3, -0.25) is 9.89 Å². The normalized spacial score (nSPS) is 15.8. The molecule has 1 aromatic heterocycles. The number of likely N-dealkylation sites (tertiary alicyclic amines) is 1. The van der Waals surface area contributed by atoms with E-state index in [1.54, 1.807) is 14.2 Å². The van der Waals surface area contributed by atoms with Crippen molar-refractivity contribution in [1.29, 1.82) is 0 Å². The van der Waals surface area contributed by atoms with E-state index < -0.39 is 0 Å². The van der Waals surface area contributed by atoms with Gasteiger partial charge in [-0.15, -0.1) is 11.3 Å². The van der Waals surface area contributed by atoms with Crippen LogP contribution in [0.2, 0.25) is 0 Å². The number of rotatable bonds is 10. The summed E-state index contributed by atoms with van der Waals surface area (Å²) in [6.45, 7) is 6.85. The molecule has 1 fully saturated rings. The fourth-order valence-electron chi connectivity index (χ4n) is 3.80. The molecule has 7 heteroatoms. The van der Waals surface area contributed by atoms with Gasteiger partial charge in [0.25, 0.3) is 0 Å². The molecular weight excluding hydrogens is 396 g/mol. The highest BCUT2D eigenvalue weighted by Crippen LogP contribution is 2.29. The van der Waals surface area contributed by atoms with Crippen LogP contribution in [-0.2, 0) is 6.42 Å². The summed E-state index contributed by atoms with van der Waals surface area (Å²) in [5.41, 5.74) is 1.20. The third-order valence-electron chi connectivity index (χ3n) is 5.37. The van der Waals surface area contributed by atoms with Gasteiger partial charge in [-0.2, -0.15) is 0 Å². The number of nitrogens with zero attached hydrogens (tertiary/aromatic N) is 2.